The lowest BCUT2D eigenvalue weighted by Crippen LogP contribution is -2.41. The van der Waals surface area contributed by atoms with Gasteiger partial charge in [-0.1, -0.05) is 50.6 Å². The summed E-state index contributed by atoms with van der Waals surface area (Å²) in [5.74, 6) is 0.116. The largest absolute Gasteiger partial charge is 0.479 e. The molecule has 0 spiro atoms. The smallest absolute Gasteiger partial charge is 0.261 e. The summed E-state index contributed by atoms with van der Waals surface area (Å²) >= 11 is 6.21. The van der Waals surface area contributed by atoms with E-state index in [2.05, 4.69) is 5.32 Å². The first-order valence-corrected chi connectivity index (χ1v) is 9.18. The zero-order valence-electron chi connectivity index (χ0n) is 15.6. The van der Waals surface area contributed by atoms with Crippen LogP contribution in [0.5, 0.6) is 5.75 Å². The standard InChI is InChI=1S/C21H25ClFNO2/c1-5-18(26-19-11-6-14(4)12-17(19)22)21(25)24-20(13(2)3)15-7-9-16(23)10-8-15/h6-13,18,20H,5H2,1-4H3,(H,24,25). The van der Waals surface area contributed by atoms with Gasteiger partial charge in [0.25, 0.3) is 5.91 Å². The minimum absolute atomic E-state index is 0.143. The van der Waals surface area contributed by atoms with Crippen LogP contribution in [0.2, 0.25) is 5.02 Å². The lowest BCUT2D eigenvalue weighted by molar-refractivity contribution is -0.129. The Labute approximate surface area is 159 Å². The van der Waals surface area contributed by atoms with Gasteiger partial charge in [0.2, 0.25) is 0 Å². The van der Waals surface area contributed by atoms with Crippen molar-refractivity contribution >= 4 is 17.5 Å². The predicted molar refractivity (Wildman–Crippen MR) is 103 cm³/mol. The van der Waals surface area contributed by atoms with E-state index >= 15 is 0 Å². The summed E-state index contributed by atoms with van der Waals surface area (Å²) in [5, 5.41) is 3.51. The Balaban J connectivity index is 2.14. The first-order valence-electron chi connectivity index (χ1n) is 8.80. The quantitative estimate of drug-likeness (QED) is 0.695. The normalized spacial score (nSPS) is 13.3. The molecule has 0 aliphatic rings. The molecule has 2 aromatic carbocycles. The van der Waals surface area contributed by atoms with E-state index in [0.717, 1.165) is 11.1 Å². The van der Waals surface area contributed by atoms with Crippen molar-refractivity contribution in [1.29, 1.82) is 0 Å². The van der Waals surface area contributed by atoms with Gasteiger partial charge in [-0.05, 0) is 54.7 Å². The SMILES string of the molecule is CCC(Oc1ccc(C)cc1Cl)C(=O)NC(c1ccc(F)cc1)C(C)C. The summed E-state index contributed by atoms with van der Waals surface area (Å²) in [6.07, 6.45) is -0.151. The minimum atomic E-state index is -0.656. The van der Waals surface area contributed by atoms with E-state index in [1.807, 2.05) is 33.8 Å². The van der Waals surface area contributed by atoms with Crippen LogP contribution in [-0.2, 0) is 4.79 Å². The highest BCUT2D eigenvalue weighted by Gasteiger charge is 2.25. The molecule has 3 nitrogen and oxygen atoms in total. The van der Waals surface area contributed by atoms with E-state index in [-0.39, 0.29) is 23.7 Å². The second kappa shape index (κ2) is 9.04. The summed E-state index contributed by atoms with van der Waals surface area (Å²) in [6, 6.07) is 11.4. The van der Waals surface area contributed by atoms with Gasteiger partial charge in [-0.2, -0.15) is 0 Å². The van der Waals surface area contributed by atoms with Crippen molar-refractivity contribution in [2.24, 2.45) is 5.92 Å². The highest BCUT2D eigenvalue weighted by molar-refractivity contribution is 6.32. The molecule has 2 rings (SSSR count). The lowest BCUT2D eigenvalue weighted by atomic mass is 9.95. The molecule has 0 radical (unpaired) electrons. The number of aryl methyl sites for hydroxylation is 1. The van der Waals surface area contributed by atoms with Crippen LogP contribution in [0.25, 0.3) is 0 Å². The molecule has 1 N–H and O–H groups in total. The molecule has 0 saturated carbocycles. The summed E-state index contributed by atoms with van der Waals surface area (Å²) < 4.78 is 19.0. The molecule has 0 bridgehead atoms. The average Bonchev–Trinajstić information content (AvgIpc) is 2.59. The fraction of sp³-hybridized carbons (Fsp3) is 0.381. The first kappa shape index (κ1) is 20.2. The highest BCUT2D eigenvalue weighted by Crippen LogP contribution is 2.27. The van der Waals surface area contributed by atoms with Crippen molar-refractivity contribution < 1.29 is 13.9 Å². The number of ether oxygens (including phenoxy) is 1. The average molecular weight is 378 g/mol. The van der Waals surface area contributed by atoms with Crippen LogP contribution in [0.3, 0.4) is 0 Å². The minimum Gasteiger partial charge on any atom is -0.479 e. The zero-order valence-corrected chi connectivity index (χ0v) is 16.3. The second-order valence-corrected chi connectivity index (χ2v) is 7.14. The fourth-order valence-electron chi connectivity index (χ4n) is 2.73. The highest BCUT2D eigenvalue weighted by atomic mass is 35.5. The maximum absolute atomic E-state index is 13.2. The molecule has 0 aromatic heterocycles. The number of rotatable bonds is 7. The fourth-order valence-corrected chi connectivity index (χ4v) is 3.01. The molecule has 0 fully saturated rings. The van der Waals surface area contributed by atoms with Crippen molar-refractivity contribution in [1.82, 2.24) is 5.32 Å². The monoisotopic (exact) mass is 377 g/mol. The van der Waals surface area contributed by atoms with Crippen molar-refractivity contribution in [2.75, 3.05) is 0 Å². The van der Waals surface area contributed by atoms with Crippen LogP contribution in [0, 0.1) is 18.7 Å². The summed E-state index contributed by atoms with van der Waals surface area (Å²) in [7, 11) is 0. The van der Waals surface area contributed by atoms with E-state index in [4.69, 9.17) is 16.3 Å². The van der Waals surface area contributed by atoms with Crippen LogP contribution in [0.1, 0.15) is 44.4 Å². The summed E-state index contributed by atoms with van der Waals surface area (Å²) in [6.45, 7) is 7.84. The van der Waals surface area contributed by atoms with E-state index in [1.54, 1.807) is 24.3 Å². The number of halogens is 2. The van der Waals surface area contributed by atoms with E-state index < -0.39 is 6.10 Å². The van der Waals surface area contributed by atoms with Crippen LogP contribution in [0.4, 0.5) is 4.39 Å². The van der Waals surface area contributed by atoms with Gasteiger partial charge in [-0.3, -0.25) is 4.79 Å². The van der Waals surface area contributed by atoms with E-state index in [1.165, 1.54) is 12.1 Å². The Kier molecular flexibility index (Phi) is 7.04. The van der Waals surface area contributed by atoms with Gasteiger partial charge in [0.1, 0.15) is 11.6 Å². The number of benzene rings is 2. The summed E-state index contributed by atoms with van der Waals surface area (Å²) in [4.78, 5) is 12.8. The second-order valence-electron chi connectivity index (χ2n) is 6.73. The van der Waals surface area contributed by atoms with Crippen molar-refractivity contribution in [3.05, 3.63) is 64.4 Å². The maximum Gasteiger partial charge on any atom is 0.261 e. The van der Waals surface area contributed by atoms with Gasteiger partial charge in [-0.25, -0.2) is 4.39 Å². The molecule has 2 atom stereocenters. The van der Waals surface area contributed by atoms with Crippen LogP contribution in [-0.4, -0.2) is 12.0 Å². The summed E-state index contributed by atoms with van der Waals surface area (Å²) in [5.41, 5.74) is 1.88. The van der Waals surface area contributed by atoms with E-state index in [0.29, 0.717) is 17.2 Å². The maximum atomic E-state index is 13.2. The molecule has 140 valence electrons. The number of hydrogen-bond donors (Lipinski definition) is 1. The topological polar surface area (TPSA) is 38.3 Å². The molecule has 0 aliphatic carbocycles. The van der Waals surface area contributed by atoms with Gasteiger partial charge < -0.3 is 10.1 Å². The molecule has 0 aliphatic heterocycles. The number of amides is 1. The van der Waals surface area contributed by atoms with E-state index in [9.17, 15) is 9.18 Å². The Bertz CT molecular complexity index is 746. The van der Waals surface area contributed by atoms with Gasteiger partial charge in [0.05, 0.1) is 11.1 Å². The number of carbonyl (C=O) groups is 1. The van der Waals surface area contributed by atoms with Gasteiger partial charge in [-0.15, -0.1) is 0 Å². The van der Waals surface area contributed by atoms with Crippen LogP contribution < -0.4 is 10.1 Å². The molecule has 2 aromatic rings. The molecule has 0 saturated heterocycles. The Morgan fingerprint density at radius 1 is 1.19 bits per heavy atom. The third-order valence-corrected chi connectivity index (χ3v) is 4.51. The first-order chi connectivity index (χ1) is 12.3. The third kappa shape index (κ3) is 5.21. The van der Waals surface area contributed by atoms with Crippen molar-refractivity contribution in [2.45, 2.75) is 46.3 Å². The predicted octanol–water partition coefficient (Wildman–Crippen LogP) is 5.46. The Morgan fingerprint density at radius 3 is 2.38 bits per heavy atom. The Hall–Kier alpha value is -2.07. The third-order valence-electron chi connectivity index (χ3n) is 4.21. The number of nitrogens with one attached hydrogen (secondary N) is 1. The Morgan fingerprint density at radius 2 is 1.85 bits per heavy atom. The lowest BCUT2D eigenvalue weighted by Gasteiger charge is -2.26. The van der Waals surface area contributed by atoms with Gasteiger partial charge >= 0.3 is 0 Å². The van der Waals surface area contributed by atoms with Crippen LogP contribution >= 0.6 is 11.6 Å². The van der Waals surface area contributed by atoms with Gasteiger partial charge in [0, 0.05) is 0 Å². The molecule has 2 unspecified atom stereocenters. The molecular formula is C21H25ClFNO2. The van der Waals surface area contributed by atoms with Crippen molar-refractivity contribution in [3.8, 4) is 5.75 Å². The van der Waals surface area contributed by atoms with Gasteiger partial charge in [0.15, 0.2) is 6.10 Å². The number of hydrogen-bond acceptors (Lipinski definition) is 2. The van der Waals surface area contributed by atoms with Crippen molar-refractivity contribution in [3.63, 3.8) is 0 Å². The zero-order chi connectivity index (χ0) is 19.3. The number of carbonyl (C=O) groups excluding carboxylic acids is 1. The molecule has 1 amide bonds. The van der Waals surface area contributed by atoms with Crippen LogP contribution in [0.15, 0.2) is 42.5 Å². The molecule has 26 heavy (non-hydrogen) atoms. The molecule has 0 heterocycles. The molecule has 5 heteroatoms. The molecular weight excluding hydrogens is 353 g/mol.